The average Bonchev–Trinajstić information content (AvgIpc) is 2.67. The molecule has 1 aliphatic rings. The van der Waals surface area contributed by atoms with Crippen LogP contribution in [-0.2, 0) is 7.05 Å². The average molecular weight is 293 g/mol. The summed E-state index contributed by atoms with van der Waals surface area (Å²) in [6.45, 7) is 0. The SMILES string of the molecule is Cn1nc(C2CCCCC2)c2cc(Br)ccc21. The van der Waals surface area contributed by atoms with E-state index in [2.05, 4.69) is 34.1 Å². The Bertz CT molecular complexity index is 538. The summed E-state index contributed by atoms with van der Waals surface area (Å²) in [5.74, 6) is 0.668. The number of aromatic nitrogens is 2. The van der Waals surface area contributed by atoms with Gasteiger partial charge >= 0.3 is 0 Å². The Balaban J connectivity index is 2.11. The van der Waals surface area contributed by atoms with Crippen molar-refractivity contribution in [1.82, 2.24) is 9.78 Å². The van der Waals surface area contributed by atoms with Crippen molar-refractivity contribution in [2.75, 3.05) is 0 Å². The first-order chi connectivity index (χ1) is 8.25. The summed E-state index contributed by atoms with van der Waals surface area (Å²) >= 11 is 3.56. The van der Waals surface area contributed by atoms with Gasteiger partial charge in [0.15, 0.2) is 0 Å². The van der Waals surface area contributed by atoms with Gasteiger partial charge in [-0.15, -0.1) is 0 Å². The molecular weight excluding hydrogens is 276 g/mol. The fourth-order valence-corrected chi connectivity index (χ4v) is 3.30. The lowest BCUT2D eigenvalue weighted by Crippen LogP contribution is -2.06. The third-order valence-electron chi connectivity index (χ3n) is 3.83. The van der Waals surface area contributed by atoms with Gasteiger partial charge in [-0.25, -0.2) is 0 Å². The van der Waals surface area contributed by atoms with Crippen LogP contribution in [0.3, 0.4) is 0 Å². The topological polar surface area (TPSA) is 17.8 Å². The molecule has 0 unspecified atom stereocenters. The van der Waals surface area contributed by atoms with Crippen molar-refractivity contribution < 1.29 is 0 Å². The molecule has 0 N–H and O–H groups in total. The van der Waals surface area contributed by atoms with Gasteiger partial charge in [0.1, 0.15) is 0 Å². The molecule has 0 radical (unpaired) electrons. The quantitative estimate of drug-likeness (QED) is 0.762. The molecule has 0 saturated heterocycles. The normalized spacial score (nSPS) is 17.8. The molecule has 1 aliphatic carbocycles. The van der Waals surface area contributed by atoms with E-state index in [1.54, 1.807) is 0 Å². The summed E-state index contributed by atoms with van der Waals surface area (Å²) in [4.78, 5) is 0. The number of hydrogen-bond donors (Lipinski definition) is 0. The summed E-state index contributed by atoms with van der Waals surface area (Å²) in [5.41, 5.74) is 2.55. The van der Waals surface area contributed by atoms with E-state index < -0.39 is 0 Å². The summed E-state index contributed by atoms with van der Waals surface area (Å²) in [5, 5.41) is 6.08. The van der Waals surface area contributed by atoms with E-state index in [4.69, 9.17) is 5.10 Å². The van der Waals surface area contributed by atoms with E-state index >= 15 is 0 Å². The van der Waals surface area contributed by atoms with Crippen LogP contribution in [-0.4, -0.2) is 9.78 Å². The van der Waals surface area contributed by atoms with Gasteiger partial charge in [0.05, 0.1) is 11.2 Å². The lowest BCUT2D eigenvalue weighted by Gasteiger charge is -2.19. The van der Waals surface area contributed by atoms with Gasteiger partial charge in [0.2, 0.25) is 0 Å². The molecule has 1 saturated carbocycles. The first-order valence-corrected chi connectivity index (χ1v) is 7.17. The monoisotopic (exact) mass is 292 g/mol. The summed E-state index contributed by atoms with van der Waals surface area (Å²) in [6, 6.07) is 6.46. The minimum absolute atomic E-state index is 0.668. The second-order valence-electron chi connectivity index (χ2n) is 5.01. The number of benzene rings is 1. The predicted octanol–water partition coefficient (Wildman–Crippen LogP) is 4.38. The maximum atomic E-state index is 4.75. The van der Waals surface area contributed by atoms with Crippen LogP contribution in [0, 0.1) is 0 Å². The van der Waals surface area contributed by atoms with Gasteiger partial charge in [0.25, 0.3) is 0 Å². The van der Waals surface area contributed by atoms with Gasteiger partial charge < -0.3 is 0 Å². The van der Waals surface area contributed by atoms with E-state index in [0.717, 1.165) is 4.47 Å². The number of rotatable bonds is 1. The second kappa shape index (κ2) is 4.45. The molecule has 2 nitrogen and oxygen atoms in total. The van der Waals surface area contributed by atoms with Crippen LogP contribution in [0.25, 0.3) is 10.9 Å². The molecule has 17 heavy (non-hydrogen) atoms. The summed E-state index contributed by atoms with van der Waals surface area (Å²) in [7, 11) is 2.04. The molecule has 0 amide bonds. The van der Waals surface area contributed by atoms with Crippen molar-refractivity contribution in [3.05, 3.63) is 28.4 Å². The third-order valence-corrected chi connectivity index (χ3v) is 4.33. The molecule has 1 aromatic heterocycles. The molecule has 0 atom stereocenters. The van der Waals surface area contributed by atoms with Crippen LogP contribution in [0.2, 0.25) is 0 Å². The Morgan fingerprint density at radius 2 is 2.00 bits per heavy atom. The Morgan fingerprint density at radius 1 is 1.24 bits per heavy atom. The maximum absolute atomic E-state index is 4.75. The lowest BCUT2D eigenvalue weighted by atomic mass is 9.86. The van der Waals surface area contributed by atoms with Crippen LogP contribution >= 0.6 is 15.9 Å². The van der Waals surface area contributed by atoms with Crippen molar-refractivity contribution in [3.8, 4) is 0 Å². The molecule has 0 aliphatic heterocycles. The van der Waals surface area contributed by atoms with Gasteiger partial charge in [-0.3, -0.25) is 4.68 Å². The predicted molar refractivity (Wildman–Crippen MR) is 74.2 cm³/mol. The van der Waals surface area contributed by atoms with E-state index in [1.807, 2.05) is 11.7 Å². The number of halogens is 1. The van der Waals surface area contributed by atoms with Crippen molar-refractivity contribution >= 4 is 26.8 Å². The first-order valence-electron chi connectivity index (χ1n) is 6.38. The second-order valence-corrected chi connectivity index (χ2v) is 5.92. The zero-order valence-corrected chi connectivity index (χ0v) is 11.7. The van der Waals surface area contributed by atoms with E-state index in [-0.39, 0.29) is 0 Å². The third kappa shape index (κ3) is 2.01. The highest BCUT2D eigenvalue weighted by molar-refractivity contribution is 9.10. The molecule has 0 spiro atoms. The van der Waals surface area contributed by atoms with Gasteiger partial charge in [-0.2, -0.15) is 5.10 Å². The zero-order chi connectivity index (χ0) is 11.8. The van der Waals surface area contributed by atoms with Gasteiger partial charge in [-0.05, 0) is 31.0 Å². The van der Waals surface area contributed by atoms with Crippen LogP contribution < -0.4 is 0 Å². The smallest absolute Gasteiger partial charge is 0.0734 e. The minimum atomic E-state index is 0.668. The van der Waals surface area contributed by atoms with Crippen LogP contribution in [0.4, 0.5) is 0 Å². The number of nitrogens with zero attached hydrogens (tertiary/aromatic N) is 2. The standard InChI is InChI=1S/C14H17BrN2/c1-17-13-8-7-11(15)9-12(13)14(16-17)10-5-3-2-4-6-10/h7-10H,2-6H2,1H3. The number of aryl methyl sites for hydroxylation is 1. The largest absolute Gasteiger partial charge is 0.268 e. The number of hydrogen-bond acceptors (Lipinski definition) is 1. The van der Waals surface area contributed by atoms with Crippen molar-refractivity contribution in [2.45, 2.75) is 38.0 Å². The van der Waals surface area contributed by atoms with E-state index in [9.17, 15) is 0 Å². The Labute approximate surface area is 110 Å². The molecule has 90 valence electrons. The Kier molecular flexibility index (Phi) is 2.95. The summed E-state index contributed by atoms with van der Waals surface area (Å²) < 4.78 is 3.17. The minimum Gasteiger partial charge on any atom is -0.268 e. The molecule has 2 aromatic rings. The summed E-state index contributed by atoms with van der Waals surface area (Å²) in [6.07, 6.45) is 6.72. The van der Waals surface area contributed by atoms with Crippen LogP contribution in [0.5, 0.6) is 0 Å². The molecule has 1 heterocycles. The first kappa shape index (κ1) is 11.3. The van der Waals surface area contributed by atoms with Crippen LogP contribution in [0.1, 0.15) is 43.7 Å². The molecular formula is C14H17BrN2. The van der Waals surface area contributed by atoms with Crippen molar-refractivity contribution in [2.24, 2.45) is 7.05 Å². The van der Waals surface area contributed by atoms with Crippen molar-refractivity contribution in [1.29, 1.82) is 0 Å². The fraction of sp³-hybridized carbons (Fsp3) is 0.500. The Morgan fingerprint density at radius 3 is 2.76 bits per heavy atom. The molecule has 1 fully saturated rings. The molecule has 1 aromatic carbocycles. The molecule has 3 rings (SSSR count). The maximum Gasteiger partial charge on any atom is 0.0734 e. The molecule has 3 heteroatoms. The molecule has 0 bridgehead atoms. The van der Waals surface area contributed by atoms with Crippen LogP contribution in [0.15, 0.2) is 22.7 Å². The fourth-order valence-electron chi connectivity index (χ4n) is 2.94. The number of fused-ring (bicyclic) bond motifs is 1. The highest BCUT2D eigenvalue weighted by Crippen LogP contribution is 2.36. The van der Waals surface area contributed by atoms with E-state index in [0.29, 0.717) is 5.92 Å². The van der Waals surface area contributed by atoms with Gasteiger partial charge in [0, 0.05) is 22.8 Å². The van der Waals surface area contributed by atoms with Gasteiger partial charge in [-0.1, -0.05) is 35.2 Å². The Hall–Kier alpha value is -0.830. The van der Waals surface area contributed by atoms with E-state index in [1.165, 1.54) is 48.7 Å². The highest BCUT2D eigenvalue weighted by Gasteiger charge is 2.21. The van der Waals surface area contributed by atoms with Crippen molar-refractivity contribution in [3.63, 3.8) is 0 Å². The lowest BCUT2D eigenvalue weighted by molar-refractivity contribution is 0.435. The highest BCUT2D eigenvalue weighted by atomic mass is 79.9. The zero-order valence-electron chi connectivity index (χ0n) is 10.1.